The normalized spacial score (nSPS) is 27.7. The molecular weight excluding hydrogens is 278 g/mol. The summed E-state index contributed by atoms with van der Waals surface area (Å²) in [5, 5.41) is 20.5. The van der Waals surface area contributed by atoms with Crippen molar-refractivity contribution < 1.29 is 14.8 Å². The minimum atomic E-state index is -0.652. The van der Waals surface area contributed by atoms with Crippen LogP contribution in [0.25, 0.3) is 0 Å². The first-order valence-corrected chi connectivity index (χ1v) is 6.85. The predicted octanol–water partition coefficient (Wildman–Crippen LogP) is 0.411. The fourth-order valence-corrected chi connectivity index (χ4v) is 3.36. The lowest BCUT2D eigenvalue weighted by Crippen LogP contribution is -2.49. The van der Waals surface area contributed by atoms with Gasteiger partial charge >= 0.3 is 0 Å². The van der Waals surface area contributed by atoms with Crippen molar-refractivity contribution in [2.75, 3.05) is 0 Å². The number of nitro groups is 1. The first kappa shape index (κ1) is 13.7. The molecule has 2 saturated heterocycles. The van der Waals surface area contributed by atoms with Gasteiger partial charge in [0.25, 0.3) is 17.2 Å². The second-order valence-electron chi connectivity index (χ2n) is 5.58. The Morgan fingerprint density at radius 1 is 1.38 bits per heavy atom. The van der Waals surface area contributed by atoms with E-state index in [9.17, 15) is 24.8 Å². The van der Waals surface area contributed by atoms with E-state index in [0.717, 1.165) is 25.1 Å². The Bertz CT molecular complexity index is 641. The van der Waals surface area contributed by atoms with Crippen LogP contribution in [0.5, 0.6) is 0 Å². The smallest absolute Gasteiger partial charge is 0.286 e. The van der Waals surface area contributed by atoms with E-state index < -0.39 is 22.5 Å². The standard InChI is InChI=1S/C13H15N3O5/c17-10-3-7-1-2-8(4-10)15(7)13(19)11-5-9(16(20)21)6-14-12(11)18/h5-8,10,17H,1-4H2,(H,14,18). The molecule has 8 heteroatoms. The summed E-state index contributed by atoms with van der Waals surface area (Å²) in [4.78, 5) is 38.3. The number of aromatic amines is 1. The highest BCUT2D eigenvalue weighted by Gasteiger charge is 2.43. The van der Waals surface area contributed by atoms with Crippen molar-refractivity contribution in [3.8, 4) is 0 Å². The van der Waals surface area contributed by atoms with Crippen molar-refractivity contribution in [2.24, 2.45) is 0 Å². The monoisotopic (exact) mass is 293 g/mol. The minimum Gasteiger partial charge on any atom is -0.393 e. The van der Waals surface area contributed by atoms with E-state index in [-0.39, 0.29) is 23.3 Å². The quantitative estimate of drug-likeness (QED) is 0.605. The highest BCUT2D eigenvalue weighted by atomic mass is 16.6. The van der Waals surface area contributed by atoms with E-state index in [1.54, 1.807) is 4.90 Å². The number of nitrogens with one attached hydrogen (secondary N) is 1. The van der Waals surface area contributed by atoms with Crippen molar-refractivity contribution in [1.82, 2.24) is 9.88 Å². The number of nitrogens with zero attached hydrogens (tertiary/aromatic N) is 2. The number of fused-ring (bicyclic) bond motifs is 2. The van der Waals surface area contributed by atoms with Gasteiger partial charge in [-0.25, -0.2) is 0 Å². The number of H-pyrrole nitrogens is 1. The number of pyridine rings is 1. The van der Waals surface area contributed by atoms with Crippen LogP contribution in [-0.2, 0) is 0 Å². The molecule has 2 unspecified atom stereocenters. The van der Waals surface area contributed by atoms with Crippen LogP contribution in [0.2, 0.25) is 0 Å². The number of carbonyl (C=O) groups excluding carboxylic acids is 1. The van der Waals surface area contributed by atoms with Crippen LogP contribution in [0.4, 0.5) is 5.69 Å². The molecule has 2 atom stereocenters. The van der Waals surface area contributed by atoms with Crippen LogP contribution in [0.1, 0.15) is 36.0 Å². The van der Waals surface area contributed by atoms with Crippen LogP contribution in [0.3, 0.4) is 0 Å². The number of rotatable bonds is 2. The maximum absolute atomic E-state index is 12.6. The molecule has 0 saturated carbocycles. The van der Waals surface area contributed by atoms with E-state index in [2.05, 4.69) is 4.98 Å². The number of carbonyl (C=O) groups is 1. The summed E-state index contributed by atoms with van der Waals surface area (Å²) in [7, 11) is 0. The molecular formula is C13H15N3O5. The lowest BCUT2D eigenvalue weighted by atomic mass is 9.99. The van der Waals surface area contributed by atoms with Crippen molar-refractivity contribution in [3.63, 3.8) is 0 Å². The molecule has 2 aliphatic heterocycles. The Morgan fingerprint density at radius 2 is 2.00 bits per heavy atom. The molecule has 2 N–H and O–H groups in total. The number of aliphatic hydroxyl groups excluding tert-OH is 1. The van der Waals surface area contributed by atoms with E-state index in [4.69, 9.17) is 0 Å². The van der Waals surface area contributed by atoms with Gasteiger partial charge in [0.05, 0.1) is 17.2 Å². The average molecular weight is 293 g/mol. The molecule has 0 aromatic carbocycles. The summed E-state index contributed by atoms with van der Waals surface area (Å²) in [6, 6.07) is 0.834. The number of aromatic nitrogens is 1. The first-order valence-electron chi connectivity index (χ1n) is 6.85. The van der Waals surface area contributed by atoms with Crippen LogP contribution < -0.4 is 5.56 Å². The minimum absolute atomic E-state index is 0.0927. The van der Waals surface area contributed by atoms with Gasteiger partial charge in [0.15, 0.2) is 0 Å². The maximum atomic E-state index is 12.6. The lowest BCUT2D eigenvalue weighted by Gasteiger charge is -2.37. The third-order valence-corrected chi connectivity index (χ3v) is 4.27. The number of hydrogen-bond donors (Lipinski definition) is 2. The van der Waals surface area contributed by atoms with Gasteiger partial charge in [0.1, 0.15) is 5.56 Å². The van der Waals surface area contributed by atoms with Gasteiger partial charge in [-0.1, -0.05) is 0 Å². The molecule has 0 aliphatic carbocycles. The average Bonchev–Trinajstić information content (AvgIpc) is 2.70. The van der Waals surface area contributed by atoms with Crippen molar-refractivity contribution in [3.05, 3.63) is 38.3 Å². The summed E-state index contributed by atoms with van der Waals surface area (Å²) in [5.74, 6) is -0.487. The molecule has 1 amide bonds. The second-order valence-corrected chi connectivity index (χ2v) is 5.58. The Morgan fingerprint density at radius 3 is 2.57 bits per heavy atom. The molecule has 21 heavy (non-hydrogen) atoms. The van der Waals surface area contributed by atoms with E-state index in [0.29, 0.717) is 12.8 Å². The molecule has 2 aliphatic rings. The number of hydrogen-bond acceptors (Lipinski definition) is 5. The second kappa shape index (κ2) is 4.96. The fourth-order valence-electron chi connectivity index (χ4n) is 3.36. The van der Waals surface area contributed by atoms with E-state index in [1.165, 1.54) is 0 Å². The molecule has 1 aromatic heterocycles. The molecule has 2 bridgehead atoms. The van der Waals surface area contributed by atoms with Crippen LogP contribution >= 0.6 is 0 Å². The topological polar surface area (TPSA) is 117 Å². The van der Waals surface area contributed by atoms with Gasteiger partial charge in [0.2, 0.25) is 0 Å². The van der Waals surface area contributed by atoms with Gasteiger partial charge in [-0.05, 0) is 25.7 Å². The number of aliphatic hydroxyl groups is 1. The third-order valence-electron chi connectivity index (χ3n) is 4.27. The largest absolute Gasteiger partial charge is 0.393 e. The lowest BCUT2D eigenvalue weighted by molar-refractivity contribution is -0.385. The molecule has 1 aromatic rings. The zero-order chi connectivity index (χ0) is 15.1. The Balaban J connectivity index is 1.94. The highest BCUT2D eigenvalue weighted by molar-refractivity contribution is 5.95. The fraction of sp³-hybridized carbons (Fsp3) is 0.538. The molecule has 0 spiro atoms. The van der Waals surface area contributed by atoms with Gasteiger partial charge in [-0.3, -0.25) is 19.7 Å². The molecule has 0 radical (unpaired) electrons. The Labute approximate surface area is 119 Å². The van der Waals surface area contributed by atoms with Crippen molar-refractivity contribution in [2.45, 2.75) is 43.9 Å². The predicted molar refractivity (Wildman–Crippen MR) is 71.9 cm³/mol. The summed E-state index contributed by atoms with van der Waals surface area (Å²) in [6.45, 7) is 0. The van der Waals surface area contributed by atoms with Crippen molar-refractivity contribution in [1.29, 1.82) is 0 Å². The van der Waals surface area contributed by atoms with E-state index in [1.807, 2.05) is 0 Å². The van der Waals surface area contributed by atoms with Crippen molar-refractivity contribution >= 4 is 11.6 Å². The third kappa shape index (κ3) is 2.31. The Hall–Kier alpha value is -2.22. The zero-order valence-electron chi connectivity index (χ0n) is 11.2. The van der Waals surface area contributed by atoms with E-state index >= 15 is 0 Å². The first-order chi connectivity index (χ1) is 9.97. The summed E-state index contributed by atoms with van der Waals surface area (Å²) < 4.78 is 0. The zero-order valence-corrected chi connectivity index (χ0v) is 11.2. The number of piperidine rings is 1. The molecule has 2 fully saturated rings. The summed E-state index contributed by atoms with van der Waals surface area (Å²) >= 11 is 0. The maximum Gasteiger partial charge on any atom is 0.286 e. The van der Waals surface area contributed by atoms with Crippen LogP contribution in [-0.4, -0.2) is 44.0 Å². The Kier molecular flexibility index (Phi) is 3.25. The molecule has 3 heterocycles. The van der Waals surface area contributed by atoms with Gasteiger partial charge in [-0.15, -0.1) is 0 Å². The number of amides is 1. The van der Waals surface area contributed by atoms with Crippen LogP contribution in [0.15, 0.2) is 17.1 Å². The molecule has 3 rings (SSSR count). The molecule has 8 nitrogen and oxygen atoms in total. The molecule has 112 valence electrons. The van der Waals surface area contributed by atoms with Gasteiger partial charge < -0.3 is 15.0 Å². The summed E-state index contributed by atoms with van der Waals surface area (Å²) in [6.07, 6.45) is 3.13. The van der Waals surface area contributed by atoms with Crippen LogP contribution in [0, 0.1) is 10.1 Å². The summed E-state index contributed by atoms with van der Waals surface area (Å²) in [5.41, 5.74) is -1.16. The van der Waals surface area contributed by atoms with Gasteiger partial charge in [0, 0.05) is 18.2 Å². The SMILES string of the molecule is O=C(c1cc([N+](=O)[O-])c[nH]c1=O)N1C2CCC1CC(O)C2. The van der Waals surface area contributed by atoms with Gasteiger partial charge in [-0.2, -0.15) is 0 Å². The highest BCUT2D eigenvalue weighted by Crippen LogP contribution is 2.36.